The molecule has 1 aromatic heterocycles. The van der Waals surface area contributed by atoms with Gasteiger partial charge in [0.2, 0.25) is 0 Å². The maximum Gasteiger partial charge on any atom is 0.512 e. The third kappa shape index (κ3) is 1.75. The van der Waals surface area contributed by atoms with Crippen molar-refractivity contribution >= 4 is 28.6 Å². The highest BCUT2D eigenvalue weighted by atomic mass is 79.9. The van der Waals surface area contributed by atoms with Crippen LogP contribution in [-0.4, -0.2) is 22.9 Å². The van der Waals surface area contributed by atoms with Crippen LogP contribution in [0.3, 0.4) is 0 Å². The van der Waals surface area contributed by atoms with Gasteiger partial charge in [0, 0.05) is 12.6 Å². The van der Waals surface area contributed by atoms with Gasteiger partial charge in [0.1, 0.15) is 0 Å². The van der Waals surface area contributed by atoms with E-state index in [1.807, 2.05) is 23.7 Å². The van der Waals surface area contributed by atoms with Crippen LogP contribution in [0.1, 0.15) is 27.7 Å². The lowest BCUT2D eigenvalue weighted by molar-refractivity contribution is 0.00578. The number of nitrogens with zero attached hydrogens (tertiary/aromatic N) is 1. The molecule has 1 saturated heterocycles. The normalized spacial score (nSPS) is 22.8. The monoisotopic (exact) mass is 285 g/mol. The molecule has 0 amide bonds. The van der Waals surface area contributed by atoms with Crippen molar-refractivity contribution in [3.05, 3.63) is 16.7 Å². The Hall–Kier alpha value is -0.255. The van der Waals surface area contributed by atoms with Gasteiger partial charge in [0.15, 0.2) is 0 Å². The van der Waals surface area contributed by atoms with E-state index in [1.165, 1.54) is 0 Å². The second kappa shape index (κ2) is 3.62. The molecule has 1 aromatic rings. The molecule has 1 aliphatic heterocycles. The van der Waals surface area contributed by atoms with Gasteiger partial charge >= 0.3 is 7.12 Å². The molecule has 1 aliphatic rings. The van der Waals surface area contributed by atoms with E-state index in [0.717, 1.165) is 10.2 Å². The van der Waals surface area contributed by atoms with E-state index in [9.17, 15) is 0 Å². The van der Waals surface area contributed by atoms with E-state index in [1.54, 1.807) is 0 Å². The first-order valence-electron chi connectivity index (χ1n) is 5.41. The summed E-state index contributed by atoms with van der Waals surface area (Å²) in [5.74, 6) is 0. The summed E-state index contributed by atoms with van der Waals surface area (Å²) in [6.07, 6.45) is 0. The Balaban J connectivity index is 2.30. The van der Waals surface area contributed by atoms with Crippen molar-refractivity contribution in [2.24, 2.45) is 7.05 Å². The minimum Gasteiger partial charge on any atom is -0.398 e. The Morgan fingerprint density at radius 3 is 2.00 bits per heavy atom. The molecule has 2 heterocycles. The summed E-state index contributed by atoms with van der Waals surface area (Å²) < 4.78 is 15.0. The Morgan fingerprint density at radius 2 is 1.62 bits per heavy atom. The molecule has 2 rings (SSSR count). The summed E-state index contributed by atoms with van der Waals surface area (Å²) >= 11 is 3.47. The number of halogens is 1. The van der Waals surface area contributed by atoms with Crippen LogP contribution in [0.25, 0.3) is 0 Å². The minimum atomic E-state index is -0.290. The van der Waals surface area contributed by atoms with Crippen LogP contribution in [-0.2, 0) is 16.4 Å². The standard InChI is InChI=1S/C11H17BBrNO2/c1-10(2)11(3,4)16-12(15-10)8-6-7-9(13)14(8)5/h6-7H,1-5H3. The SMILES string of the molecule is Cn1c(Br)ccc1B1OC(C)(C)C(C)(C)O1. The second-order valence-corrected chi connectivity index (χ2v) is 6.04. The van der Waals surface area contributed by atoms with E-state index in [0.29, 0.717) is 0 Å². The number of hydrogen-bond donors (Lipinski definition) is 0. The van der Waals surface area contributed by atoms with Gasteiger partial charge in [0.05, 0.1) is 15.8 Å². The summed E-state index contributed by atoms with van der Waals surface area (Å²) in [5, 5.41) is 0. The van der Waals surface area contributed by atoms with Gasteiger partial charge in [-0.2, -0.15) is 0 Å². The Labute approximate surface area is 105 Å². The highest BCUT2D eigenvalue weighted by Gasteiger charge is 2.52. The molecular weight excluding hydrogens is 269 g/mol. The van der Waals surface area contributed by atoms with Crippen molar-refractivity contribution < 1.29 is 9.31 Å². The highest BCUT2D eigenvalue weighted by Crippen LogP contribution is 2.36. The first-order chi connectivity index (χ1) is 7.24. The molecule has 0 unspecified atom stereocenters. The number of aromatic nitrogens is 1. The van der Waals surface area contributed by atoms with Gasteiger partial charge in [-0.1, -0.05) is 0 Å². The fourth-order valence-electron chi connectivity index (χ4n) is 1.70. The van der Waals surface area contributed by atoms with Crippen LogP contribution >= 0.6 is 15.9 Å². The fraction of sp³-hybridized carbons (Fsp3) is 0.636. The van der Waals surface area contributed by atoms with Crippen molar-refractivity contribution in [1.82, 2.24) is 4.57 Å². The van der Waals surface area contributed by atoms with Gasteiger partial charge in [-0.05, 0) is 55.8 Å². The number of hydrogen-bond acceptors (Lipinski definition) is 2. The van der Waals surface area contributed by atoms with Gasteiger partial charge in [-0.25, -0.2) is 0 Å². The molecule has 0 bridgehead atoms. The molecule has 0 atom stereocenters. The summed E-state index contributed by atoms with van der Waals surface area (Å²) in [6, 6.07) is 4.02. The lowest BCUT2D eigenvalue weighted by Gasteiger charge is -2.32. The molecule has 5 heteroatoms. The van der Waals surface area contributed by atoms with E-state index >= 15 is 0 Å². The topological polar surface area (TPSA) is 23.4 Å². The molecular formula is C11H17BBrNO2. The van der Waals surface area contributed by atoms with Gasteiger partial charge < -0.3 is 13.9 Å². The maximum atomic E-state index is 5.98. The zero-order valence-corrected chi connectivity index (χ0v) is 12.0. The average molecular weight is 286 g/mol. The molecule has 0 aromatic carbocycles. The van der Waals surface area contributed by atoms with Crippen LogP contribution in [0.15, 0.2) is 16.7 Å². The van der Waals surface area contributed by atoms with E-state index < -0.39 is 0 Å². The van der Waals surface area contributed by atoms with Crippen molar-refractivity contribution in [2.75, 3.05) is 0 Å². The first-order valence-corrected chi connectivity index (χ1v) is 6.21. The molecule has 0 radical (unpaired) electrons. The molecule has 1 fully saturated rings. The van der Waals surface area contributed by atoms with Gasteiger partial charge in [-0.15, -0.1) is 0 Å². The lowest BCUT2D eigenvalue weighted by Crippen LogP contribution is -2.41. The molecule has 88 valence electrons. The fourth-order valence-corrected chi connectivity index (χ4v) is 2.04. The first kappa shape index (κ1) is 12.2. The summed E-state index contributed by atoms with van der Waals surface area (Å²) in [5.41, 5.74) is 0.466. The van der Waals surface area contributed by atoms with Crippen molar-refractivity contribution in [3.63, 3.8) is 0 Å². The second-order valence-electron chi connectivity index (χ2n) is 5.23. The Kier molecular flexibility index (Phi) is 2.76. The zero-order chi connectivity index (χ0) is 12.1. The van der Waals surface area contributed by atoms with Crippen LogP contribution in [0, 0.1) is 0 Å². The maximum absolute atomic E-state index is 5.98. The van der Waals surface area contributed by atoms with Gasteiger partial charge in [-0.3, -0.25) is 0 Å². The van der Waals surface area contributed by atoms with Crippen LogP contribution in [0.4, 0.5) is 0 Å². The van der Waals surface area contributed by atoms with Crippen LogP contribution < -0.4 is 5.59 Å². The van der Waals surface area contributed by atoms with Crippen LogP contribution in [0.2, 0.25) is 0 Å². The number of rotatable bonds is 1. The molecule has 0 saturated carbocycles. The predicted molar refractivity (Wildman–Crippen MR) is 68.8 cm³/mol. The van der Waals surface area contributed by atoms with Crippen molar-refractivity contribution in [3.8, 4) is 0 Å². The van der Waals surface area contributed by atoms with E-state index in [-0.39, 0.29) is 18.3 Å². The third-order valence-corrected chi connectivity index (χ3v) is 4.39. The average Bonchev–Trinajstić information content (AvgIpc) is 2.54. The largest absolute Gasteiger partial charge is 0.512 e. The van der Waals surface area contributed by atoms with Crippen molar-refractivity contribution in [2.45, 2.75) is 38.9 Å². The Morgan fingerprint density at radius 1 is 1.12 bits per heavy atom. The molecule has 3 nitrogen and oxygen atoms in total. The quantitative estimate of drug-likeness (QED) is 0.738. The Bertz CT molecular complexity index is 398. The molecule has 16 heavy (non-hydrogen) atoms. The molecule has 0 N–H and O–H groups in total. The lowest BCUT2D eigenvalue weighted by atomic mass is 9.85. The van der Waals surface area contributed by atoms with Crippen LogP contribution in [0.5, 0.6) is 0 Å². The summed E-state index contributed by atoms with van der Waals surface area (Å²) in [6.45, 7) is 8.24. The predicted octanol–water partition coefficient (Wildman–Crippen LogP) is 2.09. The zero-order valence-electron chi connectivity index (χ0n) is 10.4. The molecule has 0 spiro atoms. The summed E-state index contributed by atoms with van der Waals surface area (Å²) in [4.78, 5) is 0. The molecule has 0 aliphatic carbocycles. The van der Waals surface area contributed by atoms with E-state index in [4.69, 9.17) is 9.31 Å². The van der Waals surface area contributed by atoms with E-state index in [2.05, 4.69) is 43.6 Å². The van der Waals surface area contributed by atoms with Crippen molar-refractivity contribution in [1.29, 1.82) is 0 Å². The van der Waals surface area contributed by atoms with Gasteiger partial charge in [0.25, 0.3) is 0 Å². The summed E-state index contributed by atoms with van der Waals surface area (Å²) in [7, 11) is 1.70. The smallest absolute Gasteiger partial charge is 0.398 e. The minimum absolute atomic E-state index is 0.283. The third-order valence-electron chi connectivity index (χ3n) is 3.59. The highest BCUT2D eigenvalue weighted by molar-refractivity contribution is 9.10.